The summed E-state index contributed by atoms with van der Waals surface area (Å²) in [7, 11) is 0. The molecule has 7 heteroatoms. The average Bonchev–Trinajstić information content (AvgIpc) is 3.33. The topological polar surface area (TPSA) is 64.2 Å². The van der Waals surface area contributed by atoms with Gasteiger partial charge >= 0.3 is 0 Å². The molecule has 1 fully saturated rings. The molecule has 0 unspecified atom stereocenters. The van der Waals surface area contributed by atoms with Gasteiger partial charge in [0.05, 0.1) is 0 Å². The van der Waals surface area contributed by atoms with Gasteiger partial charge in [0.2, 0.25) is 0 Å². The van der Waals surface area contributed by atoms with Gasteiger partial charge in [-0.2, -0.15) is 0 Å². The van der Waals surface area contributed by atoms with Crippen LogP contribution in [0.2, 0.25) is 0 Å². The van der Waals surface area contributed by atoms with Crippen molar-refractivity contribution in [3.8, 4) is 0 Å². The van der Waals surface area contributed by atoms with Crippen molar-refractivity contribution in [3.05, 3.63) is 46.7 Å². The van der Waals surface area contributed by atoms with Gasteiger partial charge in [0.25, 0.3) is 5.91 Å². The van der Waals surface area contributed by atoms with Crippen molar-refractivity contribution in [1.29, 1.82) is 0 Å². The third-order valence-corrected chi connectivity index (χ3v) is 5.03. The highest BCUT2D eigenvalue weighted by atomic mass is 79.9. The van der Waals surface area contributed by atoms with E-state index in [1.807, 2.05) is 17.0 Å². The first kappa shape index (κ1) is 16.3. The molecular formula is C18H19BrN4O2. The fraction of sp³-hybridized carbons (Fsp3) is 0.389. The zero-order valence-corrected chi connectivity index (χ0v) is 15.6. The molecule has 0 bridgehead atoms. The zero-order chi connectivity index (χ0) is 17.4. The molecule has 1 aliphatic rings. The highest BCUT2D eigenvalue weighted by molar-refractivity contribution is 9.10. The Hall–Kier alpha value is -2.15. The molecule has 3 aromatic rings. The lowest BCUT2D eigenvalue weighted by Gasteiger charge is -2.16. The molecule has 0 aromatic carbocycles. The minimum absolute atomic E-state index is 0.0653. The number of fused-ring (bicyclic) bond motifs is 1. The maximum atomic E-state index is 12.6. The number of imidazole rings is 1. The quantitative estimate of drug-likeness (QED) is 0.664. The Kier molecular flexibility index (Phi) is 4.33. The minimum atomic E-state index is -0.0653. The molecular weight excluding hydrogens is 384 g/mol. The van der Waals surface area contributed by atoms with Gasteiger partial charge in [-0.15, -0.1) is 0 Å². The molecule has 25 heavy (non-hydrogen) atoms. The van der Waals surface area contributed by atoms with Crippen molar-refractivity contribution in [2.45, 2.75) is 32.2 Å². The van der Waals surface area contributed by atoms with Crippen LogP contribution in [0, 0.1) is 0 Å². The first-order valence-corrected chi connectivity index (χ1v) is 9.32. The molecule has 1 saturated heterocycles. The number of furan rings is 1. The molecule has 1 amide bonds. The van der Waals surface area contributed by atoms with E-state index in [1.54, 1.807) is 18.3 Å². The summed E-state index contributed by atoms with van der Waals surface area (Å²) >= 11 is 3.25. The third-order valence-electron chi connectivity index (χ3n) is 4.61. The van der Waals surface area contributed by atoms with Crippen LogP contribution in [-0.4, -0.2) is 38.4 Å². The summed E-state index contributed by atoms with van der Waals surface area (Å²) in [6, 6.07) is 7.36. The summed E-state index contributed by atoms with van der Waals surface area (Å²) < 4.78 is 8.18. The van der Waals surface area contributed by atoms with Crippen molar-refractivity contribution < 1.29 is 9.21 Å². The number of carbonyl (C=O) groups excluding carboxylic acids is 1. The van der Waals surface area contributed by atoms with Crippen molar-refractivity contribution in [2.24, 2.45) is 0 Å². The van der Waals surface area contributed by atoms with E-state index in [1.165, 1.54) is 0 Å². The van der Waals surface area contributed by atoms with Crippen molar-refractivity contribution in [1.82, 2.24) is 19.4 Å². The van der Waals surface area contributed by atoms with E-state index in [2.05, 4.69) is 32.4 Å². The van der Waals surface area contributed by atoms with Gasteiger partial charge < -0.3 is 13.9 Å². The van der Waals surface area contributed by atoms with Crippen LogP contribution in [0.1, 0.15) is 42.1 Å². The summed E-state index contributed by atoms with van der Waals surface area (Å²) in [6.45, 7) is 4.41. The number of likely N-dealkylation sites (tertiary alicyclic amines) is 1. The Morgan fingerprint density at radius 1 is 1.40 bits per heavy atom. The number of carbonyl (C=O) groups is 1. The monoisotopic (exact) mass is 402 g/mol. The molecule has 6 nitrogen and oxygen atoms in total. The summed E-state index contributed by atoms with van der Waals surface area (Å²) in [5.74, 6) is 1.57. The number of halogens is 1. The number of amides is 1. The van der Waals surface area contributed by atoms with Gasteiger partial charge in [-0.25, -0.2) is 9.97 Å². The van der Waals surface area contributed by atoms with E-state index < -0.39 is 0 Å². The lowest BCUT2D eigenvalue weighted by atomic mass is 10.1. The van der Waals surface area contributed by atoms with E-state index in [4.69, 9.17) is 9.40 Å². The molecule has 0 spiro atoms. The van der Waals surface area contributed by atoms with E-state index >= 15 is 0 Å². The number of hydrogen-bond donors (Lipinski definition) is 0. The Bertz CT molecular complexity index is 917. The largest absolute Gasteiger partial charge is 0.444 e. The average molecular weight is 403 g/mol. The minimum Gasteiger partial charge on any atom is -0.444 e. The van der Waals surface area contributed by atoms with Crippen LogP contribution in [0.5, 0.6) is 0 Å². The van der Waals surface area contributed by atoms with Crippen LogP contribution in [0.3, 0.4) is 0 Å². The van der Waals surface area contributed by atoms with Gasteiger partial charge in [-0.3, -0.25) is 4.79 Å². The Labute approximate surface area is 154 Å². The highest BCUT2D eigenvalue weighted by Gasteiger charge is 2.32. The van der Waals surface area contributed by atoms with Crippen LogP contribution in [0.15, 0.2) is 39.5 Å². The summed E-state index contributed by atoms with van der Waals surface area (Å²) in [4.78, 5) is 23.7. The molecule has 4 rings (SSSR count). The maximum absolute atomic E-state index is 12.6. The number of pyridine rings is 1. The zero-order valence-electron chi connectivity index (χ0n) is 14.0. The summed E-state index contributed by atoms with van der Waals surface area (Å²) in [5, 5.41) is 0. The Morgan fingerprint density at radius 3 is 3.04 bits per heavy atom. The van der Waals surface area contributed by atoms with Gasteiger partial charge in [0, 0.05) is 31.7 Å². The number of rotatable bonds is 4. The molecule has 1 aliphatic heterocycles. The molecule has 0 saturated carbocycles. The van der Waals surface area contributed by atoms with Crippen molar-refractivity contribution in [2.75, 3.05) is 13.1 Å². The fourth-order valence-corrected chi connectivity index (χ4v) is 3.78. The second kappa shape index (κ2) is 6.63. The van der Waals surface area contributed by atoms with Crippen LogP contribution in [0.25, 0.3) is 11.2 Å². The van der Waals surface area contributed by atoms with Crippen molar-refractivity contribution in [3.63, 3.8) is 0 Å². The third kappa shape index (κ3) is 2.97. The lowest BCUT2D eigenvalue weighted by molar-refractivity contribution is 0.0757. The standard InChI is InChI=1S/C18H19BrN4O2/c1-2-9-23-16(21-13-4-3-8-20-17(13)23)12-7-10-22(11-12)18(24)14-5-6-15(19)25-14/h3-6,8,12H,2,7,9-11H2,1H3/t12-/m1/s1. The predicted octanol–water partition coefficient (Wildman–Crippen LogP) is 3.83. The number of aromatic nitrogens is 3. The first-order valence-electron chi connectivity index (χ1n) is 8.53. The molecule has 0 aliphatic carbocycles. The van der Waals surface area contributed by atoms with Gasteiger partial charge in [0.1, 0.15) is 11.3 Å². The number of aryl methyl sites for hydroxylation is 1. The molecule has 0 N–H and O–H groups in total. The normalized spacial score (nSPS) is 17.5. The van der Waals surface area contributed by atoms with Crippen LogP contribution in [-0.2, 0) is 6.54 Å². The van der Waals surface area contributed by atoms with E-state index in [0.717, 1.165) is 36.4 Å². The molecule has 4 heterocycles. The Morgan fingerprint density at radius 2 is 2.28 bits per heavy atom. The SMILES string of the molecule is CCCn1c([C@@H]2CCN(C(=O)c3ccc(Br)o3)C2)nc2cccnc21. The highest BCUT2D eigenvalue weighted by Crippen LogP contribution is 2.30. The van der Waals surface area contributed by atoms with Crippen LogP contribution < -0.4 is 0 Å². The Balaban J connectivity index is 1.60. The summed E-state index contributed by atoms with van der Waals surface area (Å²) in [5.41, 5.74) is 1.85. The maximum Gasteiger partial charge on any atom is 0.289 e. The van der Waals surface area contributed by atoms with E-state index in [9.17, 15) is 4.79 Å². The molecule has 130 valence electrons. The van der Waals surface area contributed by atoms with E-state index in [0.29, 0.717) is 23.5 Å². The molecule has 3 aromatic heterocycles. The van der Waals surface area contributed by atoms with Crippen LogP contribution in [0.4, 0.5) is 0 Å². The smallest absolute Gasteiger partial charge is 0.289 e. The predicted molar refractivity (Wildman–Crippen MR) is 97.5 cm³/mol. The lowest BCUT2D eigenvalue weighted by Crippen LogP contribution is -2.28. The first-order chi connectivity index (χ1) is 12.2. The second-order valence-corrected chi connectivity index (χ2v) is 7.09. The van der Waals surface area contributed by atoms with Gasteiger partial charge in [0.15, 0.2) is 16.1 Å². The molecule has 0 radical (unpaired) electrons. The van der Waals surface area contributed by atoms with Gasteiger partial charge in [-0.1, -0.05) is 6.92 Å². The summed E-state index contributed by atoms with van der Waals surface area (Å²) in [6.07, 6.45) is 3.73. The number of nitrogens with zero attached hydrogens (tertiary/aromatic N) is 4. The fourth-order valence-electron chi connectivity index (χ4n) is 3.47. The second-order valence-electron chi connectivity index (χ2n) is 6.31. The van der Waals surface area contributed by atoms with Crippen LogP contribution >= 0.6 is 15.9 Å². The van der Waals surface area contributed by atoms with Gasteiger partial charge in [-0.05, 0) is 53.0 Å². The molecule has 1 atom stereocenters. The number of hydrogen-bond acceptors (Lipinski definition) is 4. The van der Waals surface area contributed by atoms with E-state index in [-0.39, 0.29) is 11.8 Å². The van der Waals surface area contributed by atoms with Crippen molar-refractivity contribution >= 4 is 33.0 Å².